The maximum absolute atomic E-state index is 12.0. The molecule has 0 bridgehead atoms. The van der Waals surface area contributed by atoms with Crippen molar-refractivity contribution in [2.75, 3.05) is 23.3 Å². The van der Waals surface area contributed by atoms with E-state index in [0.29, 0.717) is 5.69 Å². The number of amides is 2. The topological polar surface area (TPSA) is 61.4 Å². The Labute approximate surface area is 138 Å². The molecule has 0 aromatic heterocycles. The molecular weight excluding hydrogens is 290 g/mol. The Morgan fingerprint density at radius 3 is 2.17 bits per heavy atom. The quantitative estimate of drug-likeness (QED) is 0.821. The fraction of sp³-hybridized carbons (Fsp3) is 0.556. The largest absolute Gasteiger partial charge is 0.372 e. The van der Waals surface area contributed by atoms with Crippen LogP contribution in [-0.2, 0) is 9.59 Å². The van der Waals surface area contributed by atoms with Crippen LogP contribution >= 0.6 is 0 Å². The first-order valence-electron chi connectivity index (χ1n) is 8.61. The van der Waals surface area contributed by atoms with Crippen LogP contribution in [0.2, 0.25) is 0 Å². The SMILES string of the molecule is CCN(CC)c1ccc(NC(=O)C(=O)NC2CCCCC2)cc1. The van der Waals surface area contributed by atoms with Crippen molar-refractivity contribution in [3.63, 3.8) is 0 Å². The van der Waals surface area contributed by atoms with Crippen LogP contribution in [0, 0.1) is 0 Å². The van der Waals surface area contributed by atoms with E-state index in [1.54, 1.807) is 0 Å². The Morgan fingerprint density at radius 2 is 1.61 bits per heavy atom. The van der Waals surface area contributed by atoms with Crippen LogP contribution in [0.5, 0.6) is 0 Å². The summed E-state index contributed by atoms with van der Waals surface area (Å²) in [6, 6.07) is 7.73. The van der Waals surface area contributed by atoms with E-state index < -0.39 is 11.8 Å². The highest BCUT2D eigenvalue weighted by Gasteiger charge is 2.20. The van der Waals surface area contributed by atoms with Crippen molar-refractivity contribution in [1.29, 1.82) is 0 Å². The number of rotatable bonds is 5. The summed E-state index contributed by atoms with van der Waals surface area (Å²) in [4.78, 5) is 26.2. The first-order chi connectivity index (χ1) is 11.1. The molecule has 2 amide bonds. The standard InChI is InChI=1S/C18H27N3O2/c1-3-21(4-2)16-12-10-15(11-13-16)20-18(23)17(22)19-14-8-6-5-7-9-14/h10-14H,3-9H2,1-2H3,(H,19,22)(H,20,23). The Balaban J connectivity index is 1.87. The third kappa shape index (κ3) is 4.98. The molecule has 0 unspecified atom stereocenters. The van der Waals surface area contributed by atoms with E-state index in [2.05, 4.69) is 29.4 Å². The van der Waals surface area contributed by atoms with E-state index in [9.17, 15) is 9.59 Å². The van der Waals surface area contributed by atoms with Crippen molar-refractivity contribution < 1.29 is 9.59 Å². The summed E-state index contributed by atoms with van der Waals surface area (Å²) in [7, 11) is 0. The molecule has 0 saturated heterocycles. The average molecular weight is 317 g/mol. The van der Waals surface area contributed by atoms with Crippen molar-refractivity contribution in [2.45, 2.75) is 52.0 Å². The number of carbonyl (C=O) groups excluding carboxylic acids is 2. The van der Waals surface area contributed by atoms with Gasteiger partial charge in [-0.05, 0) is 51.0 Å². The average Bonchev–Trinajstić information content (AvgIpc) is 2.58. The predicted molar refractivity (Wildman–Crippen MR) is 93.6 cm³/mol. The molecule has 126 valence electrons. The number of hydrogen-bond donors (Lipinski definition) is 2. The minimum absolute atomic E-state index is 0.145. The molecular formula is C18H27N3O2. The molecule has 5 nitrogen and oxygen atoms in total. The van der Waals surface area contributed by atoms with Crippen molar-refractivity contribution in [3.8, 4) is 0 Å². The van der Waals surface area contributed by atoms with Gasteiger partial charge in [-0.1, -0.05) is 19.3 Å². The molecule has 0 atom stereocenters. The van der Waals surface area contributed by atoms with E-state index in [0.717, 1.165) is 44.5 Å². The van der Waals surface area contributed by atoms with Gasteiger partial charge in [0.1, 0.15) is 0 Å². The van der Waals surface area contributed by atoms with Crippen molar-refractivity contribution in [1.82, 2.24) is 5.32 Å². The minimum atomic E-state index is -0.592. The van der Waals surface area contributed by atoms with Gasteiger partial charge in [0, 0.05) is 30.5 Å². The lowest BCUT2D eigenvalue weighted by Gasteiger charge is -2.22. The van der Waals surface area contributed by atoms with Gasteiger partial charge < -0.3 is 15.5 Å². The molecule has 1 aliphatic carbocycles. The molecule has 1 saturated carbocycles. The number of anilines is 2. The van der Waals surface area contributed by atoms with Crippen LogP contribution in [0.25, 0.3) is 0 Å². The number of nitrogens with zero attached hydrogens (tertiary/aromatic N) is 1. The molecule has 1 aromatic rings. The third-order valence-electron chi connectivity index (χ3n) is 4.40. The minimum Gasteiger partial charge on any atom is -0.372 e. The van der Waals surface area contributed by atoms with Gasteiger partial charge in [-0.2, -0.15) is 0 Å². The molecule has 2 rings (SSSR count). The predicted octanol–water partition coefficient (Wildman–Crippen LogP) is 2.92. The van der Waals surface area contributed by atoms with Crippen molar-refractivity contribution in [2.24, 2.45) is 0 Å². The van der Waals surface area contributed by atoms with Gasteiger partial charge in [-0.25, -0.2) is 0 Å². The second-order valence-corrected chi connectivity index (χ2v) is 5.98. The van der Waals surface area contributed by atoms with Crippen LogP contribution in [-0.4, -0.2) is 30.9 Å². The molecule has 0 spiro atoms. The first-order valence-corrected chi connectivity index (χ1v) is 8.61. The van der Waals surface area contributed by atoms with Crippen LogP contribution in [0.15, 0.2) is 24.3 Å². The molecule has 23 heavy (non-hydrogen) atoms. The van der Waals surface area contributed by atoms with Crippen LogP contribution in [0.3, 0.4) is 0 Å². The number of carbonyl (C=O) groups is 2. The summed E-state index contributed by atoms with van der Waals surface area (Å²) in [6.45, 7) is 6.08. The lowest BCUT2D eigenvalue weighted by Crippen LogP contribution is -2.42. The highest BCUT2D eigenvalue weighted by atomic mass is 16.2. The van der Waals surface area contributed by atoms with E-state index in [1.807, 2.05) is 24.3 Å². The maximum atomic E-state index is 12.0. The highest BCUT2D eigenvalue weighted by molar-refractivity contribution is 6.39. The van der Waals surface area contributed by atoms with Crippen molar-refractivity contribution >= 4 is 23.2 Å². The summed E-state index contributed by atoms with van der Waals surface area (Å²) in [6.07, 6.45) is 5.41. The Hall–Kier alpha value is -2.04. The molecule has 1 fully saturated rings. The molecule has 2 N–H and O–H groups in total. The zero-order valence-corrected chi connectivity index (χ0v) is 14.1. The Bertz CT molecular complexity index is 518. The van der Waals surface area contributed by atoms with Gasteiger partial charge in [0.25, 0.3) is 0 Å². The summed E-state index contributed by atoms with van der Waals surface area (Å²) in [5.74, 6) is -1.13. The van der Waals surface area contributed by atoms with E-state index in [-0.39, 0.29) is 6.04 Å². The fourth-order valence-corrected chi connectivity index (χ4v) is 3.03. The fourth-order valence-electron chi connectivity index (χ4n) is 3.03. The maximum Gasteiger partial charge on any atom is 0.313 e. The van der Waals surface area contributed by atoms with E-state index in [4.69, 9.17) is 0 Å². The smallest absolute Gasteiger partial charge is 0.313 e. The van der Waals surface area contributed by atoms with Gasteiger partial charge in [0.05, 0.1) is 0 Å². The zero-order chi connectivity index (χ0) is 16.7. The van der Waals surface area contributed by atoms with Gasteiger partial charge in [-0.3, -0.25) is 9.59 Å². The van der Waals surface area contributed by atoms with Gasteiger partial charge >= 0.3 is 11.8 Å². The van der Waals surface area contributed by atoms with Gasteiger partial charge in [-0.15, -0.1) is 0 Å². The Morgan fingerprint density at radius 1 is 1.00 bits per heavy atom. The number of nitrogens with one attached hydrogen (secondary N) is 2. The van der Waals surface area contributed by atoms with Crippen LogP contribution < -0.4 is 15.5 Å². The summed E-state index contributed by atoms with van der Waals surface area (Å²) >= 11 is 0. The van der Waals surface area contributed by atoms with E-state index >= 15 is 0 Å². The monoisotopic (exact) mass is 317 g/mol. The molecule has 1 aliphatic rings. The summed E-state index contributed by atoms with van der Waals surface area (Å²) in [5.41, 5.74) is 1.75. The molecule has 1 aromatic carbocycles. The highest BCUT2D eigenvalue weighted by Crippen LogP contribution is 2.18. The summed E-state index contributed by atoms with van der Waals surface area (Å²) in [5, 5.41) is 5.49. The first kappa shape index (κ1) is 17.3. The van der Waals surface area contributed by atoms with Gasteiger partial charge in [0.15, 0.2) is 0 Å². The lowest BCUT2D eigenvalue weighted by atomic mass is 9.95. The third-order valence-corrected chi connectivity index (χ3v) is 4.40. The second-order valence-electron chi connectivity index (χ2n) is 5.98. The lowest BCUT2D eigenvalue weighted by molar-refractivity contribution is -0.136. The normalized spacial score (nSPS) is 15.0. The number of hydrogen-bond acceptors (Lipinski definition) is 3. The molecule has 0 heterocycles. The molecule has 0 radical (unpaired) electrons. The number of benzene rings is 1. The van der Waals surface area contributed by atoms with Crippen molar-refractivity contribution in [3.05, 3.63) is 24.3 Å². The molecule has 5 heteroatoms. The zero-order valence-electron chi connectivity index (χ0n) is 14.1. The summed E-state index contributed by atoms with van der Waals surface area (Å²) < 4.78 is 0. The Kier molecular flexibility index (Phi) is 6.44. The van der Waals surface area contributed by atoms with Crippen LogP contribution in [0.1, 0.15) is 46.0 Å². The van der Waals surface area contributed by atoms with Gasteiger partial charge in [0.2, 0.25) is 0 Å². The van der Waals surface area contributed by atoms with E-state index in [1.165, 1.54) is 6.42 Å². The second kappa shape index (κ2) is 8.56. The van der Waals surface area contributed by atoms with Crippen LogP contribution in [0.4, 0.5) is 11.4 Å². The molecule has 0 aliphatic heterocycles.